The number of ether oxygens (including phenoxy) is 2. The molecule has 1 aromatic rings. The lowest BCUT2D eigenvalue weighted by atomic mass is 9.97. The van der Waals surface area contributed by atoms with Crippen LogP contribution in [0.2, 0.25) is 0 Å². The van der Waals surface area contributed by atoms with Crippen molar-refractivity contribution in [3.63, 3.8) is 0 Å². The fourth-order valence-electron chi connectivity index (χ4n) is 2.76. The van der Waals surface area contributed by atoms with Crippen molar-refractivity contribution in [3.8, 4) is 11.5 Å². The van der Waals surface area contributed by atoms with Crippen LogP contribution in [-0.2, 0) is 11.2 Å². The highest BCUT2D eigenvalue weighted by Gasteiger charge is 2.17. The highest BCUT2D eigenvalue weighted by atomic mass is 16.5. The van der Waals surface area contributed by atoms with Gasteiger partial charge in [-0.25, -0.2) is 0 Å². The number of hydrogen-bond donors (Lipinski definition) is 1. The summed E-state index contributed by atoms with van der Waals surface area (Å²) in [6, 6.07) is 5.59. The van der Waals surface area contributed by atoms with Crippen LogP contribution in [0.3, 0.4) is 0 Å². The fraction of sp³-hybridized carbons (Fsp3) is 0.588. The summed E-state index contributed by atoms with van der Waals surface area (Å²) in [6.07, 6.45) is 2.69. The van der Waals surface area contributed by atoms with Crippen LogP contribution < -0.4 is 14.8 Å². The number of carbonyl (C=O) groups excluding carboxylic acids is 1. The van der Waals surface area contributed by atoms with Crippen molar-refractivity contribution in [1.29, 1.82) is 0 Å². The molecule has 122 valence electrons. The van der Waals surface area contributed by atoms with E-state index in [0.29, 0.717) is 23.8 Å². The minimum Gasteiger partial charge on any atom is -0.493 e. The molecular weight excluding hydrogens is 280 g/mol. The van der Waals surface area contributed by atoms with E-state index in [1.165, 1.54) is 0 Å². The molecule has 2 rings (SSSR count). The first-order chi connectivity index (χ1) is 10.6. The number of nitrogens with zero attached hydrogens (tertiary/aromatic N) is 1. The van der Waals surface area contributed by atoms with Gasteiger partial charge in [0.2, 0.25) is 5.91 Å². The SMILES string of the molecule is COc1ccc(CC(=O)NCC2CCN(C)CC2)cc1OC. The predicted octanol–water partition coefficient (Wildman–Crippen LogP) is 1.70. The van der Waals surface area contributed by atoms with Crippen molar-refractivity contribution in [2.45, 2.75) is 19.3 Å². The van der Waals surface area contributed by atoms with E-state index in [1.807, 2.05) is 18.2 Å². The van der Waals surface area contributed by atoms with Gasteiger partial charge in [-0.3, -0.25) is 4.79 Å². The van der Waals surface area contributed by atoms with Gasteiger partial charge in [0.1, 0.15) is 0 Å². The van der Waals surface area contributed by atoms with Gasteiger partial charge in [-0.15, -0.1) is 0 Å². The predicted molar refractivity (Wildman–Crippen MR) is 86.5 cm³/mol. The third kappa shape index (κ3) is 4.63. The smallest absolute Gasteiger partial charge is 0.224 e. The molecule has 1 saturated heterocycles. The molecule has 0 atom stereocenters. The summed E-state index contributed by atoms with van der Waals surface area (Å²) >= 11 is 0. The Bertz CT molecular complexity index is 497. The first-order valence-electron chi connectivity index (χ1n) is 7.78. The van der Waals surface area contributed by atoms with Crippen molar-refractivity contribution in [2.24, 2.45) is 5.92 Å². The van der Waals surface area contributed by atoms with Crippen molar-refractivity contribution >= 4 is 5.91 Å². The van der Waals surface area contributed by atoms with Crippen molar-refractivity contribution < 1.29 is 14.3 Å². The zero-order valence-electron chi connectivity index (χ0n) is 13.7. The van der Waals surface area contributed by atoms with Gasteiger partial charge in [0, 0.05) is 6.54 Å². The number of amides is 1. The maximum atomic E-state index is 12.1. The average Bonchev–Trinajstić information content (AvgIpc) is 2.54. The van der Waals surface area contributed by atoms with Crippen LogP contribution in [0.25, 0.3) is 0 Å². The van der Waals surface area contributed by atoms with Crippen LogP contribution >= 0.6 is 0 Å². The number of likely N-dealkylation sites (tertiary alicyclic amines) is 1. The number of benzene rings is 1. The molecule has 1 N–H and O–H groups in total. The van der Waals surface area contributed by atoms with E-state index in [1.54, 1.807) is 14.2 Å². The normalized spacial score (nSPS) is 16.3. The Morgan fingerprint density at radius 1 is 1.23 bits per heavy atom. The van der Waals surface area contributed by atoms with E-state index < -0.39 is 0 Å². The van der Waals surface area contributed by atoms with Crippen LogP contribution in [0.4, 0.5) is 0 Å². The molecule has 1 aromatic carbocycles. The molecule has 0 unspecified atom stereocenters. The molecule has 0 saturated carbocycles. The summed E-state index contributed by atoms with van der Waals surface area (Å²) in [5, 5.41) is 3.05. The highest BCUT2D eigenvalue weighted by molar-refractivity contribution is 5.78. The van der Waals surface area contributed by atoms with Gasteiger partial charge in [0.25, 0.3) is 0 Å². The van der Waals surface area contributed by atoms with Gasteiger partial charge >= 0.3 is 0 Å². The number of piperidine rings is 1. The van der Waals surface area contributed by atoms with E-state index >= 15 is 0 Å². The second kappa shape index (κ2) is 8.03. The summed E-state index contributed by atoms with van der Waals surface area (Å²) < 4.78 is 10.5. The standard InChI is InChI=1S/C17H26N2O3/c1-19-8-6-13(7-9-19)12-18-17(20)11-14-4-5-15(21-2)16(10-14)22-3/h4-5,10,13H,6-9,11-12H2,1-3H3,(H,18,20). The molecule has 0 radical (unpaired) electrons. The highest BCUT2D eigenvalue weighted by Crippen LogP contribution is 2.27. The van der Waals surface area contributed by atoms with E-state index in [-0.39, 0.29) is 5.91 Å². The molecule has 1 fully saturated rings. The molecule has 0 aromatic heterocycles. The third-order valence-corrected chi connectivity index (χ3v) is 4.24. The molecule has 22 heavy (non-hydrogen) atoms. The molecular formula is C17H26N2O3. The van der Waals surface area contributed by atoms with Crippen molar-refractivity contribution in [3.05, 3.63) is 23.8 Å². The molecule has 0 spiro atoms. The van der Waals surface area contributed by atoms with E-state index in [2.05, 4.69) is 17.3 Å². The minimum absolute atomic E-state index is 0.0612. The topological polar surface area (TPSA) is 50.8 Å². The Hall–Kier alpha value is -1.75. The van der Waals surface area contributed by atoms with Gasteiger partial charge < -0.3 is 19.7 Å². The molecule has 5 nitrogen and oxygen atoms in total. The second-order valence-electron chi connectivity index (χ2n) is 5.92. The van der Waals surface area contributed by atoms with Gasteiger partial charge in [0.15, 0.2) is 11.5 Å². The maximum absolute atomic E-state index is 12.1. The number of hydrogen-bond acceptors (Lipinski definition) is 4. The van der Waals surface area contributed by atoms with Gasteiger partial charge in [-0.2, -0.15) is 0 Å². The Labute approximate surface area is 132 Å². The summed E-state index contributed by atoms with van der Waals surface area (Å²) in [5.41, 5.74) is 0.929. The molecule has 5 heteroatoms. The van der Waals surface area contributed by atoms with Crippen LogP contribution in [-0.4, -0.2) is 51.7 Å². The third-order valence-electron chi connectivity index (χ3n) is 4.24. The molecule has 0 aliphatic carbocycles. The lowest BCUT2D eigenvalue weighted by molar-refractivity contribution is -0.120. The molecule has 1 amide bonds. The Morgan fingerprint density at radius 3 is 2.55 bits per heavy atom. The molecule has 1 heterocycles. The quantitative estimate of drug-likeness (QED) is 0.869. The molecule has 1 aliphatic rings. The average molecular weight is 306 g/mol. The lowest BCUT2D eigenvalue weighted by Gasteiger charge is -2.28. The molecule has 0 bridgehead atoms. The fourth-order valence-corrected chi connectivity index (χ4v) is 2.76. The first kappa shape index (κ1) is 16.6. The summed E-state index contributed by atoms with van der Waals surface area (Å²) in [5.74, 6) is 2.00. The minimum atomic E-state index is 0.0612. The zero-order chi connectivity index (χ0) is 15.9. The Morgan fingerprint density at radius 2 is 1.91 bits per heavy atom. The van der Waals surface area contributed by atoms with Crippen LogP contribution in [0.1, 0.15) is 18.4 Å². The number of methoxy groups -OCH3 is 2. The number of carbonyl (C=O) groups is 1. The first-order valence-corrected chi connectivity index (χ1v) is 7.78. The monoisotopic (exact) mass is 306 g/mol. The van der Waals surface area contributed by atoms with E-state index in [0.717, 1.165) is 38.0 Å². The second-order valence-corrected chi connectivity index (χ2v) is 5.92. The van der Waals surface area contributed by atoms with Crippen molar-refractivity contribution in [2.75, 3.05) is 40.9 Å². The summed E-state index contributed by atoms with van der Waals surface area (Å²) in [7, 11) is 5.35. The van der Waals surface area contributed by atoms with Gasteiger partial charge in [0.05, 0.1) is 20.6 Å². The summed E-state index contributed by atoms with van der Waals surface area (Å²) in [6.45, 7) is 3.02. The zero-order valence-corrected chi connectivity index (χ0v) is 13.7. The van der Waals surface area contributed by atoms with Crippen LogP contribution in [0.15, 0.2) is 18.2 Å². The Balaban J connectivity index is 1.81. The summed E-state index contributed by atoms with van der Waals surface area (Å²) in [4.78, 5) is 14.4. The molecule has 1 aliphatic heterocycles. The van der Waals surface area contributed by atoms with E-state index in [4.69, 9.17) is 9.47 Å². The largest absolute Gasteiger partial charge is 0.493 e. The van der Waals surface area contributed by atoms with Crippen LogP contribution in [0, 0.1) is 5.92 Å². The number of rotatable bonds is 6. The van der Waals surface area contributed by atoms with Gasteiger partial charge in [-0.05, 0) is 56.6 Å². The van der Waals surface area contributed by atoms with Crippen molar-refractivity contribution in [1.82, 2.24) is 10.2 Å². The Kier molecular flexibility index (Phi) is 6.07. The lowest BCUT2D eigenvalue weighted by Crippen LogP contribution is -2.37. The maximum Gasteiger partial charge on any atom is 0.224 e. The number of nitrogens with one attached hydrogen (secondary N) is 1. The van der Waals surface area contributed by atoms with Gasteiger partial charge in [-0.1, -0.05) is 6.07 Å². The van der Waals surface area contributed by atoms with Crippen LogP contribution in [0.5, 0.6) is 11.5 Å². The van der Waals surface area contributed by atoms with E-state index in [9.17, 15) is 4.79 Å².